The maximum Gasteiger partial charge on any atom is 0.185 e. The first-order chi connectivity index (χ1) is 13.2. The molecule has 0 spiro atoms. The van der Waals surface area contributed by atoms with Gasteiger partial charge in [-0.3, -0.25) is 9.59 Å². The summed E-state index contributed by atoms with van der Waals surface area (Å²) in [6.07, 6.45) is 8.63. The zero-order valence-corrected chi connectivity index (χ0v) is 21.3. The van der Waals surface area contributed by atoms with Crippen molar-refractivity contribution in [2.45, 2.75) is 83.1 Å². The van der Waals surface area contributed by atoms with Gasteiger partial charge in [0, 0.05) is 34.1 Å². The van der Waals surface area contributed by atoms with Gasteiger partial charge in [-0.2, -0.15) is 0 Å². The molecule has 2 rings (SSSR count). The van der Waals surface area contributed by atoms with Gasteiger partial charge in [0.25, 0.3) is 0 Å². The second kappa shape index (κ2) is 7.46. The summed E-state index contributed by atoms with van der Waals surface area (Å²) in [5, 5.41) is 0. The number of allylic oxidation sites excluding steroid dienone is 8. The van der Waals surface area contributed by atoms with E-state index in [1.807, 2.05) is 0 Å². The third kappa shape index (κ3) is 4.95. The van der Waals surface area contributed by atoms with Gasteiger partial charge >= 0.3 is 0 Å². The minimum atomic E-state index is -0.224. The third-order valence-corrected chi connectivity index (χ3v) is 6.09. The maximum absolute atomic E-state index is 13.3. The Morgan fingerprint density at radius 1 is 0.433 bits per heavy atom. The molecule has 0 radical (unpaired) electrons. The van der Waals surface area contributed by atoms with Crippen molar-refractivity contribution in [3.8, 4) is 0 Å². The van der Waals surface area contributed by atoms with Crippen molar-refractivity contribution in [1.29, 1.82) is 0 Å². The lowest BCUT2D eigenvalue weighted by Crippen LogP contribution is -2.33. The first-order valence-electron chi connectivity index (χ1n) is 11.2. The predicted molar refractivity (Wildman–Crippen MR) is 127 cm³/mol. The van der Waals surface area contributed by atoms with E-state index in [1.54, 1.807) is 0 Å². The number of hydrogen-bond acceptors (Lipinski definition) is 2. The van der Waals surface area contributed by atoms with Crippen molar-refractivity contribution in [2.75, 3.05) is 0 Å². The standard InChI is InChI=1S/C28H42O2/c1-25(2,3)19-13-17(14-20(23(19)29)26(4,5)6)18-15-21(27(7,8)9)24(30)22(16-18)28(10,11)12/h13-18H,1-12H3. The van der Waals surface area contributed by atoms with Crippen LogP contribution in [0.3, 0.4) is 0 Å². The van der Waals surface area contributed by atoms with Crippen LogP contribution in [0.2, 0.25) is 0 Å². The van der Waals surface area contributed by atoms with Gasteiger partial charge in [0.15, 0.2) is 11.6 Å². The van der Waals surface area contributed by atoms with Crippen LogP contribution in [0.1, 0.15) is 83.1 Å². The van der Waals surface area contributed by atoms with Crippen molar-refractivity contribution in [3.63, 3.8) is 0 Å². The number of ketones is 2. The van der Waals surface area contributed by atoms with Crippen LogP contribution in [0, 0.1) is 33.5 Å². The summed E-state index contributed by atoms with van der Waals surface area (Å²) >= 11 is 0. The first-order valence-corrected chi connectivity index (χ1v) is 11.2. The van der Waals surface area contributed by atoms with Crippen LogP contribution in [-0.4, -0.2) is 11.6 Å². The molecule has 0 aromatic heterocycles. The summed E-state index contributed by atoms with van der Waals surface area (Å²) in [4.78, 5) is 26.6. The zero-order valence-electron chi connectivity index (χ0n) is 21.3. The summed E-state index contributed by atoms with van der Waals surface area (Å²) in [6.45, 7) is 25.3. The molecule has 2 heteroatoms. The Labute approximate surface area is 184 Å². The van der Waals surface area contributed by atoms with E-state index in [0.29, 0.717) is 0 Å². The van der Waals surface area contributed by atoms with Crippen LogP contribution >= 0.6 is 0 Å². The van der Waals surface area contributed by atoms with Gasteiger partial charge in [0.2, 0.25) is 0 Å². The molecular weight excluding hydrogens is 368 g/mol. The minimum Gasteiger partial charge on any atom is -0.289 e. The van der Waals surface area contributed by atoms with Gasteiger partial charge < -0.3 is 0 Å². The molecule has 30 heavy (non-hydrogen) atoms. The number of Topliss-reactive ketones (excluding diaryl/α,β-unsaturated/α-hetero) is 2. The largest absolute Gasteiger partial charge is 0.289 e. The maximum atomic E-state index is 13.3. The lowest BCUT2D eigenvalue weighted by Gasteiger charge is -2.37. The highest BCUT2D eigenvalue weighted by Crippen LogP contribution is 2.45. The van der Waals surface area contributed by atoms with Crippen LogP contribution < -0.4 is 0 Å². The van der Waals surface area contributed by atoms with Gasteiger partial charge in [-0.25, -0.2) is 0 Å². The molecule has 0 bridgehead atoms. The second-order valence-corrected chi connectivity index (χ2v) is 13.1. The molecule has 0 unspecified atom stereocenters. The first kappa shape index (κ1) is 24.6. The average molecular weight is 411 g/mol. The van der Waals surface area contributed by atoms with Crippen molar-refractivity contribution >= 4 is 11.6 Å². The van der Waals surface area contributed by atoms with E-state index in [0.717, 1.165) is 22.3 Å². The molecule has 0 amide bonds. The van der Waals surface area contributed by atoms with Gasteiger partial charge in [0.05, 0.1) is 0 Å². The van der Waals surface area contributed by atoms with Crippen molar-refractivity contribution in [3.05, 3.63) is 46.6 Å². The van der Waals surface area contributed by atoms with Crippen LogP contribution in [-0.2, 0) is 9.59 Å². The molecule has 0 saturated carbocycles. The highest BCUT2D eigenvalue weighted by atomic mass is 16.1. The normalized spacial score (nSPS) is 20.7. The third-order valence-electron chi connectivity index (χ3n) is 6.09. The Morgan fingerprint density at radius 3 is 0.733 bits per heavy atom. The topological polar surface area (TPSA) is 34.1 Å². The fraction of sp³-hybridized carbons (Fsp3) is 0.643. The van der Waals surface area contributed by atoms with Gasteiger partial charge in [-0.1, -0.05) is 107 Å². The van der Waals surface area contributed by atoms with Gasteiger partial charge in [-0.05, 0) is 21.7 Å². The fourth-order valence-electron chi connectivity index (χ4n) is 4.27. The molecule has 0 saturated heterocycles. The average Bonchev–Trinajstić information content (AvgIpc) is 2.50. The Bertz CT molecular complexity index is 718. The van der Waals surface area contributed by atoms with E-state index in [9.17, 15) is 9.59 Å². The minimum absolute atomic E-state index is 0.0638. The van der Waals surface area contributed by atoms with Crippen molar-refractivity contribution < 1.29 is 9.59 Å². The Morgan fingerprint density at radius 2 is 0.600 bits per heavy atom. The summed E-state index contributed by atoms with van der Waals surface area (Å²) in [5.74, 6) is 0.458. The van der Waals surface area contributed by atoms with Crippen molar-refractivity contribution in [2.24, 2.45) is 33.5 Å². The SMILES string of the molecule is CC(C)(C)C1=CC(C2C=C(C(C)(C)C)C(=O)C(C(C)(C)C)=C2)C=C(C(C)(C)C)C1=O. The summed E-state index contributed by atoms with van der Waals surface area (Å²) in [7, 11) is 0. The quantitative estimate of drug-likeness (QED) is 0.455. The Hall–Kier alpha value is -1.70. The lowest BCUT2D eigenvalue weighted by molar-refractivity contribution is -0.115. The van der Waals surface area contributed by atoms with E-state index < -0.39 is 0 Å². The number of carbonyl (C=O) groups is 2. The molecule has 166 valence electrons. The molecule has 0 heterocycles. The molecule has 0 atom stereocenters. The summed E-state index contributed by atoms with van der Waals surface area (Å²) in [6, 6.07) is 0. The van der Waals surface area contributed by atoms with Crippen LogP contribution in [0.15, 0.2) is 46.6 Å². The summed E-state index contributed by atoms with van der Waals surface area (Å²) < 4.78 is 0. The molecule has 2 aliphatic rings. The highest BCUT2D eigenvalue weighted by molar-refractivity contribution is 6.12. The molecule has 0 N–H and O–H groups in total. The predicted octanol–water partition coefficient (Wildman–Crippen LogP) is 7.27. The smallest absolute Gasteiger partial charge is 0.185 e. The molecule has 2 aliphatic carbocycles. The second-order valence-electron chi connectivity index (χ2n) is 13.1. The monoisotopic (exact) mass is 410 g/mol. The fourth-order valence-corrected chi connectivity index (χ4v) is 4.27. The molecule has 0 aliphatic heterocycles. The lowest BCUT2D eigenvalue weighted by atomic mass is 9.65. The van der Waals surface area contributed by atoms with E-state index in [2.05, 4.69) is 107 Å². The van der Waals surface area contributed by atoms with Crippen LogP contribution in [0.4, 0.5) is 0 Å². The molecule has 0 aromatic rings. The molecule has 2 nitrogen and oxygen atoms in total. The molecule has 0 fully saturated rings. The van der Waals surface area contributed by atoms with E-state index in [4.69, 9.17) is 0 Å². The van der Waals surface area contributed by atoms with Crippen LogP contribution in [0.5, 0.6) is 0 Å². The molecule has 0 aromatic carbocycles. The Kier molecular flexibility index (Phi) is 6.11. The van der Waals surface area contributed by atoms with Crippen LogP contribution in [0.25, 0.3) is 0 Å². The molecular formula is C28H42O2. The van der Waals surface area contributed by atoms with E-state index in [-0.39, 0.29) is 45.1 Å². The van der Waals surface area contributed by atoms with Gasteiger partial charge in [-0.15, -0.1) is 0 Å². The van der Waals surface area contributed by atoms with E-state index >= 15 is 0 Å². The van der Waals surface area contributed by atoms with Crippen molar-refractivity contribution in [1.82, 2.24) is 0 Å². The summed E-state index contributed by atoms with van der Waals surface area (Å²) in [5.41, 5.74) is 2.63. The number of hydrogen-bond donors (Lipinski definition) is 0. The Balaban J connectivity index is 2.73. The number of rotatable bonds is 1. The van der Waals surface area contributed by atoms with Gasteiger partial charge in [0.1, 0.15) is 0 Å². The zero-order chi connectivity index (χ0) is 23.4. The van der Waals surface area contributed by atoms with E-state index in [1.165, 1.54) is 0 Å². The number of carbonyl (C=O) groups excluding carboxylic acids is 2. The highest BCUT2D eigenvalue weighted by Gasteiger charge is 2.40.